The second-order valence-electron chi connectivity index (χ2n) is 6.01. The topological polar surface area (TPSA) is 72.7 Å². The monoisotopic (exact) mass is 359 g/mol. The summed E-state index contributed by atoms with van der Waals surface area (Å²) in [5.74, 6) is 0.655. The highest BCUT2D eigenvalue weighted by molar-refractivity contribution is 6.31. The van der Waals surface area contributed by atoms with Gasteiger partial charge in [-0.25, -0.2) is 24.3 Å². The average molecular weight is 360 g/mol. The molecule has 132 valence electrons. The predicted octanol–water partition coefficient (Wildman–Crippen LogP) is 4.33. The van der Waals surface area contributed by atoms with Crippen molar-refractivity contribution in [2.24, 2.45) is 0 Å². The fourth-order valence-electron chi connectivity index (χ4n) is 2.81. The fraction of sp³-hybridized carbons (Fsp3) is 0.444. The minimum atomic E-state index is -0.196. The Balaban J connectivity index is 1.92. The summed E-state index contributed by atoms with van der Waals surface area (Å²) in [6.45, 7) is 4.78. The van der Waals surface area contributed by atoms with Crippen molar-refractivity contribution in [2.75, 3.05) is 6.54 Å². The lowest BCUT2D eigenvalue weighted by atomic mass is 10.2. The summed E-state index contributed by atoms with van der Waals surface area (Å²) in [5, 5.41) is 3.56. The standard InChI is InChI=1S/C18H22ClN5O/c1-3-5-6-7-10-20-18(25)24-15(4-2)23-16-17(24)22-13-9-8-12(19)11-14(13)21-16/h8-9,11H,3-7,10H2,1-2H3,(H,20,25). The molecule has 25 heavy (non-hydrogen) atoms. The highest BCUT2D eigenvalue weighted by Gasteiger charge is 2.18. The molecule has 0 aliphatic carbocycles. The Morgan fingerprint density at radius 2 is 1.96 bits per heavy atom. The predicted molar refractivity (Wildman–Crippen MR) is 100 cm³/mol. The molecule has 0 unspecified atom stereocenters. The van der Waals surface area contributed by atoms with E-state index in [4.69, 9.17) is 11.6 Å². The molecule has 7 heteroatoms. The van der Waals surface area contributed by atoms with E-state index in [2.05, 4.69) is 27.2 Å². The van der Waals surface area contributed by atoms with Crippen LogP contribution in [0.2, 0.25) is 5.02 Å². The maximum atomic E-state index is 12.6. The summed E-state index contributed by atoms with van der Waals surface area (Å²) >= 11 is 6.02. The molecule has 1 aromatic carbocycles. The van der Waals surface area contributed by atoms with Crippen molar-refractivity contribution in [3.63, 3.8) is 0 Å². The molecule has 0 aliphatic rings. The second-order valence-corrected chi connectivity index (χ2v) is 6.45. The number of carbonyl (C=O) groups excluding carboxylic acids is 1. The van der Waals surface area contributed by atoms with Gasteiger partial charge in [0.15, 0.2) is 11.3 Å². The molecule has 0 aliphatic heterocycles. The Bertz CT molecular complexity index is 905. The lowest BCUT2D eigenvalue weighted by Crippen LogP contribution is -2.30. The van der Waals surface area contributed by atoms with Crippen LogP contribution in [0.5, 0.6) is 0 Å². The van der Waals surface area contributed by atoms with Crippen LogP contribution in [-0.4, -0.2) is 32.1 Å². The van der Waals surface area contributed by atoms with E-state index in [-0.39, 0.29) is 6.03 Å². The molecule has 3 aromatic rings. The number of nitrogens with one attached hydrogen (secondary N) is 1. The van der Waals surface area contributed by atoms with E-state index < -0.39 is 0 Å². The lowest BCUT2D eigenvalue weighted by Gasteiger charge is -2.08. The molecular weight excluding hydrogens is 338 g/mol. The molecule has 1 amide bonds. The number of amides is 1. The number of aromatic nitrogens is 4. The van der Waals surface area contributed by atoms with Crippen LogP contribution in [-0.2, 0) is 6.42 Å². The van der Waals surface area contributed by atoms with Gasteiger partial charge in [-0.15, -0.1) is 0 Å². The number of fused-ring (bicyclic) bond motifs is 2. The van der Waals surface area contributed by atoms with Crippen molar-refractivity contribution in [3.8, 4) is 0 Å². The molecule has 2 aromatic heterocycles. The van der Waals surface area contributed by atoms with E-state index in [0.717, 1.165) is 12.8 Å². The SMILES string of the molecule is CCCCCCNC(=O)n1c(CC)nc2nc3cc(Cl)ccc3nc21. The number of halogens is 1. The van der Waals surface area contributed by atoms with Gasteiger partial charge in [-0.3, -0.25) is 0 Å². The van der Waals surface area contributed by atoms with Gasteiger partial charge >= 0.3 is 6.03 Å². The number of hydrogen-bond donors (Lipinski definition) is 1. The third kappa shape index (κ3) is 3.74. The first-order valence-electron chi connectivity index (χ1n) is 8.76. The van der Waals surface area contributed by atoms with Crippen molar-refractivity contribution in [2.45, 2.75) is 46.0 Å². The van der Waals surface area contributed by atoms with E-state index in [9.17, 15) is 4.79 Å². The van der Waals surface area contributed by atoms with Gasteiger partial charge in [0, 0.05) is 18.0 Å². The molecule has 0 spiro atoms. The Morgan fingerprint density at radius 1 is 1.12 bits per heavy atom. The van der Waals surface area contributed by atoms with Crippen molar-refractivity contribution in [1.82, 2.24) is 24.8 Å². The first kappa shape index (κ1) is 17.6. The van der Waals surface area contributed by atoms with E-state index in [0.29, 0.717) is 46.1 Å². The van der Waals surface area contributed by atoms with Crippen LogP contribution in [0.25, 0.3) is 22.3 Å². The second kappa shape index (κ2) is 7.78. The Hall–Kier alpha value is -2.21. The van der Waals surface area contributed by atoms with E-state index in [1.54, 1.807) is 18.2 Å². The molecule has 0 fully saturated rings. The summed E-state index contributed by atoms with van der Waals surface area (Å²) in [4.78, 5) is 26.2. The van der Waals surface area contributed by atoms with E-state index >= 15 is 0 Å². The largest absolute Gasteiger partial charge is 0.337 e. The number of nitrogens with zero attached hydrogens (tertiary/aromatic N) is 4. The van der Waals surface area contributed by atoms with Crippen LogP contribution in [0.1, 0.15) is 45.4 Å². The van der Waals surface area contributed by atoms with Crippen molar-refractivity contribution in [1.29, 1.82) is 0 Å². The molecule has 0 saturated carbocycles. The van der Waals surface area contributed by atoms with Crippen LogP contribution in [0.3, 0.4) is 0 Å². The lowest BCUT2D eigenvalue weighted by molar-refractivity contribution is 0.242. The fourth-order valence-corrected chi connectivity index (χ4v) is 2.97. The minimum Gasteiger partial charge on any atom is -0.337 e. The van der Waals surface area contributed by atoms with Gasteiger partial charge in [0.25, 0.3) is 0 Å². The van der Waals surface area contributed by atoms with Crippen LogP contribution in [0.15, 0.2) is 18.2 Å². The van der Waals surface area contributed by atoms with Crippen molar-refractivity contribution in [3.05, 3.63) is 29.0 Å². The van der Waals surface area contributed by atoms with Gasteiger partial charge in [-0.05, 0) is 24.6 Å². The minimum absolute atomic E-state index is 0.196. The molecule has 6 nitrogen and oxygen atoms in total. The number of aryl methyl sites for hydroxylation is 1. The first-order chi connectivity index (χ1) is 12.1. The quantitative estimate of drug-likeness (QED) is 0.665. The third-order valence-electron chi connectivity index (χ3n) is 4.12. The van der Waals surface area contributed by atoms with E-state index in [1.807, 2.05) is 6.92 Å². The van der Waals surface area contributed by atoms with E-state index in [1.165, 1.54) is 17.4 Å². The average Bonchev–Trinajstić information content (AvgIpc) is 2.96. The zero-order valence-electron chi connectivity index (χ0n) is 14.5. The smallest absolute Gasteiger partial charge is 0.328 e. The number of carbonyl (C=O) groups is 1. The maximum absolute atomic E-state index is 12.6. The number of benzene rings is 1. The highest BCUT2D eigenvalue weighted by atomic mass is 35.5. The number of rotatable bonds is 6. The molecule has 2 heterocycles. The summed E-state index contributed by atoms with van der Waals surface area (Å²) in [7, 11) is 0. The van der Waals surface area contributed by atoms with Crippen LogP contribution in [0.4, 0.5) is 4.79 Å². The Labute approximate surface area is 151 Å². The van der Waals surface area contributed by atoms with Gasteiger partial charge in [0.2, 0.25) is 0 Å². The van der Waals surface area contributed by atoms with Crippen LogP contribution in [0, 0.1) is 0 Å². The number of unbranched alkanes of at least 4 members (excludes halogenated alkanes) is 3. The molecule has 0 atom stereocenters. The van der Waals surface area contributed by atoms with Crippen molar-refractivity contribution < 1.29 is 4.79 Å². The highest BCUT2D eigenvalue weighted by Crippen LogP contribution is 2.20. The molecular formula is C18H22ClN5O. The molecule has 3 rings (SSSR count). The van der Waals surface area contributed by atoms with Crippen LogP contribution >= 0.6 is 11.6 Å². The normalized spacial score (nSPS) is 11.3. The molecule has 0 bridgehead atoms. The summed E-state index contributed by atoms with van der Waals surface area (Å²) in [6, 6.07) is 5.12. The first-order valence-corrected chi connectivity index (χ1v) is 9.14. The van der Waals surface area contributed by atoms with Gasteiger partial charge in [-0.1, -0.05) is 44.7 Å². The van der Waals surface area contributed by atoms with Gasteiger partial charge in [0.05, 0.1) is 11.0 Å². The Kier molecular flexibility index (Phi) is 5.48. The van der Waals surface area contributed by atoms with Crippen molar-refractivity contribution >= 4 is 40.0 Å². The summed E-state index contributed by atoms with van der Waals surface area (Å²) in [5.41, 5.74) is 2.31. The molecule has 1 N–H and O–H groups in total. The Morgan fingerprint density at radius 3 is 2.72 bits per heavy atom. The van der Waals surface area contributed by atoms with Gasteiger partial charge in [-0.2, -0.15) is 0 Å². The van der Waals surface area contributed by atoms with Gasteiger partial charge < -0.3 is 5.32 Å². The number of hydrogen-bond acceptors (Lipinski definition) is 4. The summed E-state index contributed by atoms with van der Waals surface area (Å²) < 4.78 is 1.54. The summed E-state index contributed by atoms with van der Waals surface area (Å²) in [6.07, 6.45) is 5.07. The number of imidazole rings is 1. The zero-order valence-corrected chi connectivity index (χ0v) is 15.3. The zero-order chi connectivity index (χ0) is 17.8. The third-order valence-corrected chi connectivity index (χ3v) is 4.36. The maximum Gasteiger partial charge on any atom is 0.328 e. The molecule has 0 saturated heterocycles. The van der Waals surface area contributed by atoms with Crippen LogP contribution < -0.4 is 5.32 Å². The van der Waals surface area contributed by atoms with Gasteiger partial charge in [0.1, 0.15) is 5.82 Å². The molecule has 0 radical (unpaired) electrons.